The molecular formula is C19H20N4O2. The molecule has 1 aromatic heterocycles. The maximum Gasteiger partial charge on any atom is 0.270 e. The number of rotatable bonds is 4. The Morgan fingerprint density at radius 2 is 1.84 bits per heavy atom. The van der Waals surface area contributed by atoms with E-state index in [2.05, 4.69) is 15.6 Å². The predicted octanol–water partition coefficient (Wildman–Crippen LogP) is 1.28. The Labute approximate surface area is 146 Å². The monoisotopic (exact) mass is 336 g/mol. The normalized spacial score (nSPS) is 14.9. The van der Waals surface area contributed by atoms with Crippen molar-refractivity contribution in [2.75, 3.05) is 26.2 Å². The fourth-order valence-corrected chi connectivity index (χ4v) is 2.60. The van der Waals surface area contributed by atoms with Gasteiger partial charge in [0.1, 0.15) is 5.70 Å². The standard InChI is InChI=1S/C19H20N4O2/c24-18(16-6-2-1-3-7-16)22-17(13-15-5-4-8-21-14-15)19(25)23-11-9-20-10-12-23/h1-8,13-14,20H,9-12H2,(H,22,24). The van der Waals surface area contributed by atoms with E-state index in [9.17, 15) is 9.59 Å². The highest BCUT2D eigenvalue weighted by atomic mass is 16.2. The van der Waals surface area contributed by atoms with Gasteiger partial charge in [-0.25, -0.2) is 0 Å². The molecule has 25 heavy (non-hydrogen) atoms. The van der Waals surface area contributed by atoms with Crippen LogP contribution in [0.5, 0.6) is 0 Å². The van der Waals surface area contributed by atoms with E-state index in [0.717, 1.165) is 18.7 Å². The van der Waals surface area contributed by atoms with Crippen LogP contribution >= 0.6 is 0 Å². The molecule has 6 heteroatoms. The number of nitrogens with zero attached hydrogens (tertiary/aromatic N) is 2. The van der Waals surface area contributed by atoms with Crippen molar-refractivity contribution < 1.29 is 9.59 Å². The number of benzene rings is 1. The zero-order chi connectivity index (χ0) is 17.5. The molecule has 1 aliphatic rings. The molecule has 0 unspecified atom stereocenters. The molecule has 6 nitrogen and oxygen atoms in total. The maximum atomic E-state index is 12.9. The van der Waals surface area contributed by atoms with Crippen LogP contribution in [0.4, 0.5) is 0 Å². The summed E-state index contributed by atoms with van der Waals surface area (Å²) in [6, 6.07) is 12.5. The quantitative estimate of drug-likeness (QED) is 0.825. The van der Waals surface area contributed by atoms with Gasteiger partial charge in [0, 0.05) is 44.1 Å². The SMILES string of the molecule is O=C(NC(=Cc1cccnc1)C(=O)N1CCNCC1)c1ccccc1. The Hall–Kier alpha value is -2.99. The number of carbonyl (C=O) groups excluding carboxylic acids is 2. The minimum absolute atomic E-state index is 0.186. The first-order valence-corrected chi connectivity index (χ1v) is 8.22. The van der Waals surface area contributed by atoms with Gasteiger partial charge in [-0.15, -0.1) is 0 Å². The van der Waals surface area contributed by atoms with Crippen LogP contribution in [0.1, 0.15) is 15.9 Å². The molecule has 128 valence electrons. The molecule has 1 saturated heterocycles. The summed E-state index contributed by atoms with van der Waals surface area (Å²) in [7, 11) is 0. The highest BCUT2D eigenvalue weighted by Crippen LogP contribution is 2.09. The zero-order valence-electron chi connectivity index (χ0n) is 13.8. The van der Waals surface area contributed by atoms with Gasteiger partial charge in [0.15, 0.2) is 0 Å². The summed E-state index contributed by atoms with van der Waals surface area (Å²) < 4.78 is 0. The van der Waals surface area contributed by atoms with Crippen LogP contribution in [0.2, 0.25) is 0 Å². The van der Waals surface area contributed by atoms with E-state index in [1.165, 1.54) is 0 Å². The molecule has 0 saturated carbocycles. The molecule has 1 aliphatic heterocycles. The van der Waals surface area contributed by atoms with E-state index in [0.29, 0.717) is 18.7 Å². The van der Waals surface area contributed by atoms with Gasteiger partial charge in [-0.3, -0.25) is 14.6 Å². The molecule has 3 rings (SSSR count). The second-order valence-electron chi connectivity index (χ2n) is 5.71. The zero-order valence-corrected chi connectivity index (χ0v) is 13.8. The summed E-state index contributed by atoms with van der Waals surface area (Å²) in [5, 5.41) is 5.98. The third-order valence-corrected chi connectivity index (χ3v) is 3.91. The summed E-state index contributed by atoms with van der Waals surface area (Å²) >= 11 is 0. The van der Waals surface area contributed by atoms with Gasteiger partial charge in [-0.1, -0.05) is 24.3 Å². The van der Waals surface area contributed by atoms with Crippen LogP contribution in [0.15, 0.2) is 60.6 Å². The smallest absolute Gasteiger partial charge is 0.270 e. The van der Waals surface area contributed by atoms with Crippen molar-refractivity contribution in [1.82, 2.24) is 20.5 Å². The predicted molar refractivity (Wildman–Crippen MR) is 95.6 cm³/mol. The van der Waals surface area contributed by atoms with Gasteiger partial charge in [0.25, 0.3) is 11.8 Å². The Kier molecular flexibility index (Phi) is 5.53. The van der Waals surface area contributed by atoms with E-state index in [1.54, 1.807) is 53.7 Å². The molecule has 1 fully saturated rings. The maximum absolute atomic E-state index is 12.9. The molecule has 0 bridgehead atoms. The largest absolute Gasteiger partial charge is 0.335 e. The molecule has 0 aliphatic carbocycles. The van der Waals surface area contributed by atoms with Crippen LogP contribution in [-0.2, 0) is 4.79 Å². The van der Waals surface area contributed by atoms with E-state index >= 15 is 0 Å². The van der Waals surface area contributed by atoms with Crippen LogP contribution in [-0.4, -0.2) is 47.9 Å². The molecule has 0 spiro atoms. The van der Waals surface area contributed by atoms with Gasteiger partial charge in [0.2, 0.25) is 0 Å². The average molecular weight is 336 g/mol. The van der Waals surface area contributed by atoms with Crippen molar-refractivity contribution in [3.8, 4) is 0 Å². The van der Waals surface area contributed by atoms with Gasteiger partial charge < -0.3 is 15.5 Å². The van der Waals surface area contributed by atoms with Crippen LogP contribution in [0, 0.1) is 0 Å². The second-order valence-corrected chi connectivity index (χ2v) is 5.71. The van der Waals surface area contributed by atoms with Crippen molar-refractivity contribution in [3.05, 3.63) is 71.7 Å². The summed E-state index contributed by atoms with van der Waals surface area (Å²) in [5.74, 6) is -0.492. The topological polar surface area (TPSA) is 74.3 Å². The number of aromatic nitrogens is 1. The van der Waals surface area contributed by atoms with E-state index in [-0.39, 0.29) is 17.5 Å². The summed E-state index contributed by atoms with van der Waals surface area (Å²) in [6.07, 6.45) is 4.98. The molecule has 0 atom stereocenters. The summed E-state index contributed by atoms with van der Waals surface area (Å²) in [6.45, 7) is 2.73. The lowest BCUT2D eigenvalue weighted by Crippen LogP contribution is -2.48. The first kappa shape index (κ1) is 16.9. The average Bonchev–Trinajstić information content (AvgIpc) is 2.69. The highest BCUT2D eigenvalue weighted by Gasteiger charge is 2.22. The van der Waals surface area contributed by atoms with Crippen LogP contribution < -0.4 is 10.6 Å². The Balaban J connectivity index is 1.85. The Morgan fingerprint density at radius 1 is 1.08 bits per heavy atom. The van der Waals surface area contributed by atoms with Crippen molar-refractivity contribution in [2.45, 2.75) is 0 Å². The van der Waals surface area contributed by atoms with Crippen molar-refractivity contribution >= 4 is 17.9 Å². The third kappa shape index (κ3) is 4.51. The highest BCUT2D eigenvalue weighted by molar-refractivity contribution is 6.05. The lowest BCUT2D eigenvalue weighted by atomic mass is 10.1. The number of pyridine rings is 1. The van der Waals surface area contributed by atoms with Gasteiger partial charge in [-0.05, 0) is 29.8 Å². The molecule has 2 aromatic rings. The van der Waals surface area contributed by atoms with E-state index in [1.807, 2.05) is 12.1 Å². The van der Waals surface area contributed by atoms with Crippen LogP contribution in [0.3, 0.4) is 0 Å². The van der Waals surface area contributed by atoms with Crippen molar-refractivity contribution in [1.29, 1.82) is 0 Å². The number of hydrogen-bond donors (Lipinski definition) is 2. The lowest BCUT2D eigenvalue weighted by Gasteiger charge is -2.28. The molecule has 2 amide bonds. The van der Waals surface area contributed by atoms with Crippen molar-refractivity contribution in [3.63, 3.8) is 0 Å². The van der Waals surface area contributed by atoms with Crippen LogP contribution in [0.25, 0.3) is 6.08 Å². The number of piperazine rings is 1. The number of hydrogen-bond acceptors (Lipinski definition) is 4. The fraction of sp³-hybridized carbons (Fsp3) is 0.211. The minimum Gasteiger partial charge on any atom is -0.335 e. The molecule has 2 N–H and O–H groups in total. The first-order valence-electron chi connectivity index (χ1n) is 8.22. The van der Waals surface area contributed by atoms with E-state index in [4.69, 9.17) is 0 Å². The Morgan fingerprint density at radius 3 is 2.52 bits per heavy atom. The molecule has 1 aromatic carbocycles. The number of nitrogens with one attached hydrogen (secondary N) is 2. The second kappa shape index (κ2) is 8.21. The number of amides is 2. The first-order chi connectivity index (χ1) is 12.2. The van der Waals surface area contributed by atoms with Gasteiger partial charge in [-0.2, -0.15) is 0 Å². The Bertz CT molecular complexity index is 754. The van der Waals surface area contributed by atoms with Gasteiger partial charge >= 0.3 is 0 Å². The van der Waals surface area contributed by atoms with E-state index < -0.39 is 0 Å². The van der Waals surface area contributed by atoms with Crippen molar-refractivity contribution in [2.24, 2.45) is 0 Å². The fourth-order valence-electron chi connectivity index (χ4n) is 2.60. The molecule has 0 radical (unpaired) electrons. The number of carbonyl (C=O) groups is 2. The molecular weight excluding hydrogens is 316 g/mol. The summed E-state index contributed by atoms with van der Waals surface area (Å²) in [4.78, 5) is 31.1. The third-order valence-electron chi connectivity index (χ3n) is 3.91. The van der Waals surface area contributed by atoms with Gasteiger partial charge in [0.05, 0.1) is 0 Å². The minimum atomic E-state index is -0.306. The lowest BCUT2D eigenvalue weighted by molar-refractivity contribution is -0.127. The summed E-state index contributed by atoms with van der Waals surface area (Å²) in [5.41, 5.74) is 1.52. The molecule has 2 heterocycles.